The molecule has 0 aromatic heterocycles. The maximum atomic E-state index is 3.30. The Labute approximate surface area is 197 Å². The molecule has 0 nitrogen and oxygen atoms in total. The second-order valence-corrected chi connectivity index (χ2v) is 9.64. The van der Waals surface area contributed by atoms with E-state index in [1.165, 1.54) is 22.3 Å². The molecule has 4 heteroatoms. The summed E-state index contributed by atoms with van der Waals surface area (Å²) in [4.78, 5) is 0. The van der Waals surface area contributed by atoms with Gasteiger partial charge in [0.15, 0.2) is 0 Å². The third-order valence-electron chi connectivity index (χ3n) is 3.82. The topological polar surface area (TPSA) is 0 Å². The fourth-order valence-electron chi connectivity index (χ4n) is 2.16. The van der Waals surface area contributed by atoms with Crippen molar-refractivity contribution >= 4 is 34.3 Å². The second kappa shape index (κ2) is 15.5. The van der Waals surface area contributed by atoms with Gasteiger partial charge in [-0.05, 0) is 10.8 Å². The SMILES string of the molecule is CC1=[C-]CC(C(C)(C)C)=C1.CC1=[C-]CC(C(C)(C)C)=C1.C[SiH]C.Cl.Cl.[Hf]. The number of halogens is 2. The van der Waals surface area contributed by atoms with E-state index in [2.05, 4.69) is 92.8 Å². The third kappa shape index (κ3) is 14.7. The van der Waals surface area contributed by atoms with Gasteiger partial charge in [-0.3, -0.25) is 12.2 Å². The first-order chi connectivity index (χ1) is 10.4. The molecule has 0 atom stereocenters. The van der Waals surface area contributed by atoms with Crippen LogP contribution in [0.5, 0.6) is 0 Å². The van der Waals surface area contributed by atoms with Gasteiger partial charge in [-0.1, -0.05) is 68.5 Å². The normalized spacial score (nSPS) is 15.2. The Morgan fingerprint density at radius 3 is 1.04 bits per heavy atom. The van der Waals surface area contributed by atoms with E-state index in [4.69, 9.17) is 0 Å². The predicted octanol–water partition coefficient (Wildman–Crippen LogP) is 7.58. The Balaban J connectivity index is -0.000000147. The molecular weight excluding hydrogens is 542 g/mol. The smallest absolute Gasteiger partial charge is 0.0213 e. The Kier molecular flexibility index (Phi) is 20.4. The van der Waals surface area contributed by atoms with Gasteiger partial charge in [-0.2, -0.15) is 11.1 Å². The second-order valence-electron chi connectivity index (χ2n) is 8.49. The monoisotopic (exact) mass is 581 g/mol. The van der Waals surface area contributed by atoms with Crippen molar-refractivity contribution in [2.75, 3.05) is 0 Å². The molecule has 0 aromatic rings. The first kappa shape index (κ1) is 34.2. The van der Waals surface area contributed by atoms with Crippen molar-refractivity contribution in [3.05, 3.63) is 46.6 Å². The van der Waals surface area contributed by atoms with Gasteiger partial charge in [0.2, 0.25) is 0 Å². The zero-order valence-corrected chi connectivity index (χ0v) is 24.8. The van der Waals surface area contributed by atoms with Crippen molar-refractivity contribution in [1.29, 1.82) is 0 Å². The van der Waals surface area contributed by atoms with Gasteiger partial charge in [-0.15, -0.1) is 37.7 Å². The van der Waals surface area contributed by atoms with Crippen LogP contribution in [0.1, 0.15) is 68.2 Å². The van der Waals surface area contributed by atoms with Crippen LogP contribution in [0.25, 0.3) is 0 Å². The van der Waals surface area contributed by atoms with Crippen molar-refractivity contribution < 1.29 is 25.8 Å². The van der Waals surface area contributed by atoms with E-state index < -0.39 is 0 Å². The van der Waals surface area contributed by atoms with E-state index >= 15 is 0 Å². The van der Waals surface area contributed by atoms with Crippen LogP contribution >= 0.6 is 24.8 Å². The maximum Gasteiger partial charge on any atom is 0.0213 e. The van der Waals surface area contributed by atoms with Crippen molar-refractivity contribution in [3.8, 4) is 0 Å². The van der Waals surface area contributed by atoms with Crippen molar-refractivity contribution in [1.82, 2.24) is 0 Å². The summed E-state index contributed by atoms with van der Waals surface area (Å²) in [5, 5.41) is 0. The van der Waals surface area contributed by atoms with Crippen LogP contribution in [0.3, 0.4) is 0 Å². The molecule has 0 heterocycles. The summed E-state index contributed by atoms with van der Waals surface area (Å²) in [6.07, 6.45) is 13.2. The number of hydrogen-bond donors (Lipinski definition) is 0. The Morgan fingerprint density at radius 1 is 0.731 bits per heavy atom. The zero-order chi connectivity index (χ0) is 18.3. The van der Waals surface area contributed by atoms with E-state index in [1.807, 2.05) is 0 Å². The summed E-state index contributed by atoms with van der Waals surface area (Å²) in [5.41, 5.74) is 6.28. The molecule has 0 saturated carbocycles. The van der Waals surface area contributed by atoms with Crippen molar-refractivity contribution in [2.24, 2.45) is 10.8 Å². The first-order valence-corrected chi connectivity index (χ1v) is 11.0. The molecule has 1 radical (unpaired) electrons. The van der Waals surface area contributed by atoms with Gasteiger partial charge in [-0.25, -0.2) is 23.3 Å². The van der Waals surface area contributed by atoms with E-state index in [-0.39, 0.29) is 50.7 Å². The molecule has 2 aliphatic carbocycles. The largest absolute Gasteiger partial charge is 0.269 e. The molecule has 151 valence electrons. The van der Waals surface area contributed by atoms with E-state index in [9.17, 15) is 0 Å². The minimum Gasteiger partial charge on any atom is -0.269 e. The zero-order valence-electron chi connectivity index (χ0n) is 18.5. The van der Waals surface area contributed by atoms with Crippen LogP contribution in [0.15, 0.2) is 34.4 Å². The summed E-state index contributed by atoms with van der Waals surface area (Å²) in [5.74, 6) is 0. The molecule has 0 aromatic carbocycles. The Bertz CT molecular complexity index is 455. The summed E-state index contributed by atoms with van der Waals surface area (Å²) in [7, 11) is 0.750. The predicted molar refractivity (Wildman–Crippen MR) is 123 cm³/mol. The molecule has 0 unspecified atom stereocenters. The van der Waals surface area contributed by atoms with Gasteiger partial charge in [0.25, 0.3) is 0 Å². The molecule has 0 spiro atoms. The van der Waals surface area contributed by atoms with Crippen LogP contribution in [0, 0.1) is 23.0 Å². The average Bonchev–Trinajstić information content (AvgIpc) is 2.98. The molecule has 26 heavy (non-hydrogen) atoms. The van der Waals surface area contributed by atoms with Crippen LogP contribution in [0.4, 0.5) is 0 Å². The first-order valence-electron chi connectivity index (χ1n) is 8.72. The fraction of sp³-hybridized carbons (Fsp3) is 0.636. The van der Waals surface area contributed by atoms with Gasteiger partial charge in [0, 0.05) is 35.4 Å². The Morgan fingerprint density at radius 2 is 0.962 bits per heavy atom. The average molecular weight is 581 g/mol. The van der Waals surface area contributed by atoms with E-state index in [0.29, 0.717) is 10.8 Å². The molecule has 0 saturated heterocycles. The van der Waals surface area contributed by atoms with Crippen LogP contribution in [-0.4, -0.2) is 9.52 Å². The van der Waals surface area contributed by atoms with Crippen molar-refractivity contribution in [2.45, 2.75) is 81.3 Å². The van der Waals surface area contributed by atoms with E-state index in [0.717, 1.165) is 22.4 Å². The summed E-state index contributed by atoms with van der Waals surface area (Å²) < 4.78 is 0. The van der Waals surface area contributed by atoms with Crippen LogP contribution in [0.2, 0.25) is 13.1 Å². The molecule has 0 fully saturated rings. The molecule has 2 aliphatic rings. The van der Waals surface area contributed by atoms with Gasteiger partial charge >= 0.3 is 0 Å². The Hall–Kier alpha value is 0.627. The molecule has 0 N–H and O–H groups in total. The standard InChI is InChI=1S/2C10H15.C2H7Si.2ClH.Hf/c2*1-8-5-6-9(7-8)10(2,3)4;1-3-2;;;/h2*7H,6H2,1-4H3;3H,1-2H3;2*1H;/q2*-1;;;;. The quantitative estimate of drug-likeness (QED) is 0.205. The minimum absolute atomic E-state index is 0. The molecule has 0 bridgehead atoms. The molecule has 2 rings (SSSR count). The van der Waals surface area contributed by atoms with Gasteiger partial charge in [0.1, 0.15) is 0 Å². The van der Waals surface area contributed by atoms with Gasteiger partial charge < -0.3 is 0 Å². The number of allylic oxidation sites excluding steroid dienone is 8. The summed E-state index contributed by atoms with van der Waals surface area (Å²) in [6.45, 7) is 22.1. The number of hydrogen-bond acceptors (Lipinski definition) is 0. The molecule has 0 aliphatic heterocycles. The van der Waals surface area contributed by atoms with Crippen LogP contribution < -0.4 is 0 Å². The van der Waals surface area contributed by atoms with Gasteiger partial charge in [0.05, 0.1) is 0 Å². The molecular formula is C22H39Cl2HfSi-2. The fourth-order valence-corrected chi connectivity index (χ4v) is 2.16. The maximum absolute atomic E-state index is 3.30. The van der Waals surface area contributed by atoms with Crippen molar-refractivity contribution in [3.63, 3.8) is 0 Å². The number of rotatable bonds is 0. The molecule has 0 amide bonds. The van der Waals surface area contributed by atoms with Crippen LogP contribution in [-0.2, 0) is 25.8 Å². The summed E-state index contributed by atoms with van der Waals surface area (Å²) in [6, 6.07) is 0. The minimum atomic E-state index is 0. The van der Waals surface area contributed by atoms with E-state index in [1.54, 1.807) is 0 Å². The summed E-state index contributed by atoms with van der Waals surface area (Å²) >= 11 is 0. The third-order valence-corrected chi connectivity index (χ3v) is 3.82.